The van der Waals surface area contributed by atoms with Gasteiger partial charge in [0, 0.05) is 11.9 Å². The smallest absolute Gasteiger partial charge is 0.165 e. The van der Waals surface area contributed by atoms with Crippen LogP contribution in [-0.4, -0.2) is 0 Å². The first-order chi connectivity index (χ1) is 9.78. The van der Waals surface area contributed by atoms with Crippen molar-refractivity contribution in [2.24, 2.45) is 5.73 Å². The van der Waals surface area contributed by atoms with Crippen LogP contribution in [-0.2, 0) is 13.2 Å². The minimum atomic E-state index is -0.383. The minimum Gasteiger partial charge on any atom is -0.483 e. The Morgan fingerprint density at radius 1 is 1.10 bits per heavy atom. The van der Waals surface area contributed by atoms with E-state index in [-0.39, 0.29) is 18.2 Å². The SMILES string of the molecule is NCc1cccc2oc(COc3ccccc3F)cc12. The highest BCUT2D eigenvalue weighted by atomic mass is 19.1. The molecule has 0 spiro atoms. The highest BCUT2D eigenvalue weighted by molar-refractivity contribution is 5.81. The summed E-state index contributed by atoms with van der Waals surface area (Å²) in [5.74, 6) is 0.474. The van der Waals surface area contributed by atoms with Crippen molar-refractivity contribution in [2.45, 2.75) is 13.2 Å². The van der Waals surface area contributed by atoms with Gasteiger partial charge in [-0.1, -0.05) is 24.3 Å². The average Bonchev–Trinajstić information content (AvgIpc) is 2.89. The van der Waals surface area contributed by atoms with E-state index in [1.54, 1.807) is 18.2 Å². The van der Waals surface area contributed by atoms with Crippen molar-refractivity contribution in [3.63, 3.8) is 0 Å². The zero-order valence-electron chi connectivity index (χ0n) is 10.8. The van der Waals surface area contributed by atoms with Crippen LogP contribution in [0.4, 0.5) is 4.39 Å². The lowest BCUT2D eigenvalue weighted by molar-refractivity contribution is 0.262. The summed E-state index contributed by atoms with van der Waals surface area (Å²) in [5, 5.41) is 0.974. The number of hydrogen-bond acceptors (Lipinski definition) is 3. The topological polar surface area (TPSA) is 48.4 Å². The summed E-state index contributed by atoms with van der Waals surface area (Å²) in [5.41, 5.74) is 7.47. The van der Waals surface area contributed by atoms with Crippen molar-refractivity contribution in [1.29, 1.82) is 0 Å². The minimum absolute atomic E-state index is 0.180. The van der Waals surface area contributed by atoms with Crippen LogP contribution in [0.25, 0.3) is 11.0 Å². The molecule has 2 aromatic carbocycles. The van der Waals surface area contributed by atoms with Crippen LogP contribution in [0.5, 0.6) is 5.75 Å². The van der Waals surface area contributed by atoms with Gasteiger partial charge in [-0.05, 0) is 29.8 Å². The Morgan fingerprint density at radius 2 is 1.95 bits per heavy atom. The second-order valence-electron chi connectivity index (χ2n) is 4.46. The van der Waals surface area contributed by atoms with Crippen molar-refractivity contribution >= 4 is 11.0 Å². The van der Waals surface area contributed by atoms with E-state index in [0.717, 1.165) is 16.5 Å². The molecule has 1 heterocycles. The third-order valence-corrected chi connectivity index (χ3v) is 3.13. The van der Waals surface area contributed by atoms with Crippen molar-refractivity contribution < 1.29 is 13.5 Å². The summed E-state index contributed by atoms with van der Waals surface area (Å²) >= 11 is 0. The standard InChI is InChI=1S/C16H14FNO2/c17-14-5-1-2-6-16(14)19-10-12-8-13-11(9-18)4-3-7-15(13)20-12/h1-8H,9-10,18H2. The Balaban J connectivity index is 1.83. The molecule has 20 heavy (non-hydrogen) atoms. The Labute approximate surface area is 115 Å². The average molecular weight is 271 g/mol. The summed E-state index contributed by atoms with van der Waals surface area (Å²) < 4.78 is 24.5. The molecule has 0 saturated carbocycles. The Kier molecular flexibility index (Phi) is 3.39. The van der Waals surface area contributed by atoms with Crippen molar-refractivity contribution in [1.82, 2.24) is 0 Å². The summed E-state index contributed by atoms with van der Waals surface area (Å²) in [7, 11) is 0. The fraction of sp³-hybridized carbons (Fsp3) is 0.125. The van der Waals surface area contributed by atoms with Crippen LogP contribution >= 0.6 is 0 Å². The van der Waals surface area contributed by atoms with Crippen molar-refractivity contribution in [3.05, 3.63) is 65.7 Å². The monoisotopic (exact) mass is 271 g/mol. The van der Waals surface area contributed by atoms with E-state index < -0.39 is 0 Å². The van der Waals surface area contributed by atoms with Crippen LogP contribution < -0.4 is 10.5 Å². The van der Waals surface area contributed by atoms with E-state index in [2.05, 4.69) is 0 Å². The second-order valence-corrected chi connectivity index (χ2v) is 4.46. The lowest BCUT2D eigenvalue weighted by Crippen LogP contribution is -1.96. The fourth-order valence-electron chi connectivity index (χ4n) is 2.13. The second kappa shape index (κ2) is 5.35. The van der Waals surface area contributed by atoms with E-state index in [4.69, 9.17) is 14.9 Å². The number of para-hydroxylation sites is 1. The molecule has 102 valence electrons. The van der Waals surface area contributed by atoms with Gasteiger partial charge in [0.1, 0.15) is 18.0 Å². The molecule has 0 aliphatic carbocycles. The maximum Gasteiger partial charge on any atom is 0.165 e. The van der Waals surface area contributed by atoms with Gasteiger partial charge in [0.15, 0.2) is 11.6 Å². The predicted molar refractivity (Wildman–Crippen MR) is 74.8 cm³/mol. The third-order valence-electron chi connectivity index (χ3n) is 3.13. The lowest BCUT2D eigenvalue weighted by atomic mass is 10.1. The van der Waals surface area contributed by atoms with Gasteiger partial charge >= 0.3 is 0 Å². The summed E-state index contributed by atoms with van der Waals surface area (Å²) in [6.45, 7) is 0.629. The molecule has 1 aromatic heterocycles. The number of fused-ring (bicyclic) bond motifs is 1. The van der Waals surface area contributed by atoms with Crippen LogP contribution in [0.3, 0.4) is 0 Å². The predicted octanol–water partition coefficient (Wildman–Crippen LogP) is 3.61. The van der Waals surface area contributed by atoms with Gasteiger partial charge in [0.05, 0.1) is 0 Å². The summed E-state index contributed by atoms with van der Waals surface area (Å²) in [6, 6.07) is 13.9. The van der Waals surface area contributed by atoms with E-state index >= 15 is 0 Å². The molecule has 0 saturated heterocycles. The van der Waals surface area contributed by atoms with Crippen LogP contribution in [0.2, 0.25) is 0 Å². The van der Waals surface area contributed by atoms with Gasteiger partial charge < -0.3 is 14.9 Å². The molecular weight excluding hydrogens is 257 g/mol. The zero-order chi connectivity index (χ0) is 13.9. The molecule has 0 radical (unpaired) electrons. The Bertz CT molecular complexity index is 736. The molecule has 3 nitrogen and oxygen atoms in total. The third kappa shape index (κ3) is 2.38. The molecule has 0 aliphatic rings. The molecular formula is C16H14FNO2. The van der Waals surface area contributed by atoms with E-state index in [9.17, 15) is 4.39 Å². The number of benzene rings is 2. The fourth-order valence-corrected chi connectivity index (χ4v) is 2.13. The van der Waals surface area contributed by atoms with Gasteiger partial charge in [-0.2, -0.15) is 0 Å². The highest BCUT2D eigenvalue weighted by Crippen LogP contribution is 2.24. The maximum absolute atomic E-state index is 13.4. The molecule has 0 fully saturated rings. The lowest BCUT2D eigenvalue weighted by Gasteiger charge is -2.04. The number of halogens is 1. The number of furan rings is 1. The van der Waals surface area contributed by atoms with E-state index in [1.807, 2.05) is 24.3 Å². The number of rotatable bonds is 4. The van der Waals surface area contributed by atoms with Gasteiger partial charge in [-0.3, -0.25) is 0 Å². The zero-order valence-corrected chi connectivity index (χ0v) is 10.8. The quantitative estimate of drug-likeness (QED) is 0.788. The van der Waals surface area contributed by atoms with Crippen LogP contribution in [0, 0.1) is 5.82 Å². The Hall–Kier alpha value is -2.33. The largest absolute Gasteiger partial charge is 0.483 e. The molecule has 0 unspecified atom stereocenters. The molecule has 0 aliphatic heterocycles. The van der Waals surface area contributed by atoms with Crippen molar-refractivity contribution in [3.8, 4) is 5.75 Å². The van der Waals surface area contributed by atoms with E-state index in [1.165, 1.54) is 6.07 Å². The maximum atomic E-state index is 13.4. The number of hydrogen-bond donors (Lipinski definition) is 1. The van der Waals surface area contributed by atoms with Crippen LogP contribution in [0.1, 0.15) is 11.3 Å². The molecule has 0 bridgehead atoms. The van der Waals surface area contributed by atoms with Gasteiger partial charge in [-0.15, -0.1) is 0 Å². The summed E-state index contributed by atoms with van der Waals surface area (Å²) in [4.78, 5) is 0. The van der Waals surface area contributed by atoms with E-state index in [0.29, 0.717) is 12.3 Å². The molecule has 0 amide bonds. The van der Waals surface area contributed by atoms with Crippen molar-refractivity contribution in [2.75, 3.05) is 0 Å². The summed E-state index contributed by atoms with van der Waals surface area (Å²) in [6.07, 6.45) is 0. The number of ether oxygens (including phenoxy) is 1. The molecule has 3 aromatic rings. The first-order valence-electron chi connectivity index (χ1n) is 6.35. The molecule has 3 rings (SSSR count). The van der Waals surface area contributed by atoms with Gasteiger partial charge in [0.2, 0.25) is 0 Å². The molecule has 4 heteroatoms. The highest BCUT2D eigenvalue weighted by Gasteiger charge is 2.08. The van der Waals surface area contributed by atoms with Crippen LogP contribution in [0.15, 0.2) is 52.9 Å². The number of nitrogens with two attached hydrogens (primary N) is 1. The molecule has 2 N–H and O–H groups in total. The molecule has 0 atom stereocenters. The first-order valence-corrected chi connectivity index (χ1v) is 6.35. The van der Waals surface area contributed by atoms with Gasteiger partial charge in [0.25, 0.3) is 0 Å². The normalized spacial score (nSPS) is 10.9. The Morgan fingerprint density at radius 3 is 2.75 bits per heavy atom. The van der Waals surface area contributed by atoms with Gasteiger partial charge in [-0.25, -0.2) is 4.39 Å². The first kappa shape index (κ1) is 12.7.